The molecule has 2 unspecified atom stereocenters. The Balaban J connectivity index is 1.34. The molecule has 1 aliphatic carbocycles. The molecule has 3 aliphatic rings. The van der Waals surface area contributed by atoms with Gasteiger partial charge in [0.05, 0.1) is 11.8 Å². The highest BCUT2D eigenvalue weighted by Crippen LogP contribution is 2.44. The molecule has 0 radical (unpaired) electrons. The van der Waals surface area contributed by atoms with Crippen molar-refractivity contribution in [3.63, 3.8) is 0 Å². The molecule has 3 aromatic rings. The summed E-state index contributed by atoms with van der Waals surface area (Å²) in [5.41, 5.74) is 4.26. The fraction of sp³-hybridized carbons (Fsp3) is 0.447. The Morgan fingerprint density at radius 1 is 0.957 bits per heavy atom. The van der Waals surface area contributed by atoms with Gasteiger partial charge in [-0.3, -0.25) is 9.59 Å². The van der Waals surface area contributed by atoms with Gasteiger partial charge in [-0.1, -0.05) is 54.6 Å². The van der Waals surface area contributed by atoms with Crippen LogP contribution in [0.2, 0.25) is 0 Å². The first-order valence-electron chi connectivity index (χ1n) is 16.4. The van der Waals surface area contributed by atoms with E-state index in [-0.39, 0.29) is 36.3 Å². The number of anilines is 1. The van der Waals surface area contributed by atoms with Crippen molar-refractivity contribution in [3.8, 4) is 16.9 Å². The molecule has 3 aromatic carbocycles. The van der Waals surface area contributed by atoms with Crippen molar-refractivity contribution >= 4 is 23.7 Å². The number of hydrogen-bond acceptors (Lipinski definition) is 6. The van der Waals surface area contributed by atoms with Gasteiger partial charge in [0, 0.05) is 44.1 Å². The van der Waals surface area contributed by atoms with Crippen molar-refractivity contribution in [3.05, 3.63) is 83.9 Å². The van der Waals surface area contributed by atoms with E-state index in [1.54, 1.807) is 12.0 Å². The third-order valence-corrected chi connectivity index (χ3v) is 9.14. The fourth-order valence-electron chi connectivity index (χ4n) is 6.76. The van der Waals surface area contributed by atoms with Gasteiger partial charge in [0.25, 0.3) is 0 Å². The molecule has 2 aliphatic heterocycles. The minimum atomic E-state index is -0.638. The molecule has 2 heterocycles. The monoisotopic (exact) mass is 624 g/mol. The van der Waals surface area contributed by atoms with Crippen LogP contribution in [0.1, 0.15) is 75.8 Å². The van der Waals surface area contributed by atoms with Crippen molar-refractivity contribution in [2.45, 2.75) is 76.4 Å². The summed E-state index contributed by atoms with van der Waals surface area (Å²) < 4.78 is 16.6. The third-order valence-electron chi connectivity index (χ3n) is 9.14. The molecule has 8 heteroatoms. The highest BCUT2D eigenvalue weighted by atomic mass is 16.6. The van der Waals surface area contributed by atoms with Gasteiger partial charge < -0.3 is 24.0 Å². The van der Waals surface area contributed by atoms with Gasteiger partial charge in [0.1, 0.15) is 11.4 Å². The molecule has 0 bridgehead atoms. The van der Waals surface area contributed by atoms with Gasteiger partial charge in [-0.2, -0.15) is 0 Å². The number of amides is 2. The Hall–Kier alpha value is -4.17. The quantitative estimate of drug-likeness (QED) is 0.141. The second-order valence-electron chi connectivity index (χ2n) is 13.7. The maximum absolute atomic E-state index is 14.9. The first-order valence-corrected chi connectivity index (χ1v) is 16.4. The highest BCUT2D eigenvalue weighted by Gasteiger charge is 2.44. The van der Waals surface area contributed by atoms with E-state index in [2.05, 4.69) is 36.4 Å². The SMILES string of the molecule is COCCCC1C(=O)Oc2ccc(N(C(=O)C3CN(C(=O)OC(C)(C)C)CC[C@@H]3c3cccc(-c4ccccc4)c3)C3CC3)cc21. The van der Waals surface area contributed by atoms with E-state index in [1.165, 1.54) is 0 Å². The van der Waals surface area contributed by atoms with Crippen molar-refractivity contribution in [2.75, 3.05) is 31.7 Å². The van der Waals surface area contributed by atoms with E-state index >= 15 is 0 Å². The molecule has 1 saturated carbocycles. The lowest BCUT2D eigenvalue weighted by atomic mass is 9.78. The summed E-state index contributed by atoms with van der Waals surface area (Å²) in [6.45, 7) is 6.90. The van der Waals surface area contributed by atoms with E-state index in [0.29, 0.717) is 31.7 Å². The number of fused-ring (bicyclic) bond motifs is 1. The number of hydrogen-bond donors (Lipinski definition) is 0. The van der Waals surface area contributed by atoms with Crippen molar-refractivity contribution < 1.29 is 28.6 Å². The van der Waals surface area contributed by atoms with Gasteiger partial charge in [-0.15, -0.1) is 0 Å². The lowest BCUT2D eigenvalue weighted by molar-refractivity contribution is -0.134. The maximum Gasteiger partial charge on any atom is 0.410 e. The summed E-state index contributed by atoms with van der Waals surface area (Å²) in [5, 5.41) is 0. The predicted octanol–water partition coefficient (Wildman–Crippen LogP) is 7.32. The maximum atomic E-state index is 14.9. The average Bonchev–Trinajstić information content (AvgIpc) is 3.83. The molecule has 46 heavy (non-hydrogen) atoms. The number of piperidine rings is 1. The first kappa shape index (κ1) is 31.8. The summed E-state index contributed by atoms with van der Waals surface area (Å²) in [4.78, 5) is 44.5. The minimum Gasteiger partial charge on any atom is -0.444 e. The molecule has 0 N–H and O–H groups in total. The molecule has 0 spiro atoms. The molecule has 0 aromatic heterocycles. The van der Waals surface area contributed by atoms with Crippen LogP contribution in [0.15, 0.2) is 72.8 Å². The second-order valence-corrected chi connectivity index (χ2v) is 13.7. The molecule has 6 rings (SSSR count). The molecule has 2 fully saturated rings. The van der Waals surface area contributed by atoms with Crippen LogP contribution in [0.25, 0.3) is 11.1 Å². The number of likely N-dealkylation sites (tertiary alicyclic amines) is 1. The Bertz CT molecular complexity index is 1580. The first-order chi connectivity index (χ1) is 22.1. The standard InChI is InChI=1S/C38H44N2O6/c1-38(2,3)46-37(43)39-20-19-30(27-13-8-12-26(22-27)25-10-6-5-7-11-25)33(24-39)35(41)40(28-15-16-28)29-17-18-34-32(23-29)31(36(42)45-34)14-9-21-44-4/h5-8,10-13,17-18,22-23,28,30-31,33H,9,14-16,19-21,24H2,1-4H3/t30-,31?,33?/m1/s1. The van der Waals surface area contributed by atoms with Crippen LogP contribution in [0.5, 0.6) is 5.75 Å². The Morgan fingerprint density at radius 3 is 2.43 bits per heavy atom. The normalized spacial score (nSPS) is 21.0. The summed E-state index contributed by atoms with van der Waals surface area (Å²) in [6, 6.07) is 24.4. The number of methoxy groups -OCH3 is 1. The second kappa shape index (κ2) is 13.3. The van der Waals surface area contributed by atoms with Crippen LogP contribution < -0.4 is 9.64 Å². The zero-order valence-electron chi connectivity index (χ0n) is 27.2. The number of rotatable bonds is 9. The third kappa shape index (κ3) is 6.97. The van der Waals surface area contributed by atoms with Gasteiger partial charge in [-0.05, 0) is 93.7 Å². The van der Waals surface area contributed by atoms with Crippen molar-refractivity contribution in [1.29, 1.82) is 0 Å². The molecular formula is C38H44N2O6. The highest BCUT2D eigenvalue weighted by molar-refractivity contribution is 5.98. The van der Waals surface area contributed by atoms with Crippen LogP contribution >= 0.6 is 0 Å². The molecule has 2 amide bonds. The molecule has 242 valence electrons. The van der Waals surface area contributed by atoms with E-state index in [0.717, 1.165) is 47.2 Å². The summed E-state index contributed by atoms with van der Waals surface area (Å²) in [6.07, 6.45) is 3.41. The molecule has 8 nitrogen and oxygen atoms in total. The largest absolute Gasteiger partial charge is 0.444 e. The zero-order valence-corrected chi connectivity index (χ0v) is 27.2. The summed E-state index contributed by atoms with van der Waals surface area (Å²) in [5.74, 6) is -0.650. The van der Waals surface area contributed by atoms with Crippen molar-refractivity contribution in [2.24, 2.45) is 5.92 Å². The van der Waals surface area contributed by atoms with Gasteiger partial charge in [0.2, 0.25) is 5.91 Å². The molecule has 3 atom stereocenters. The van der Waals surface area contributed by atoms with Crippen LogP contribution in [0, 0.1) is 5.92 Å². The number of ether oxygens (including phenoxy) is 3. The number of carbonyl (C=O) groups is 3. The minimum absolute atomic E-state index is 0.00741. The summed E-state index contributed by atoms with van der Waals surface area (Å²) in [7, 11) is 1.65. The van der Waals surface area contributed by atoms with Gasteiger partial charge in [0.15, 0.2) is 0 Å². The van der Waals surface area contributed by atoms with E-state index in [9.17, 15) is 14.4 Å². The van der Waals surface area contributed by atoms with Crippen molar-refractivity contribution in [1.82, 2.24) is 4.90 Å². The van der Waals surface area contributed by atoms with Gasteiger partial charge in [-0.25, -0.2) is 4.79 Å². The average molecular weight is 625 g/mol. The van der Waals surface area contributed by atoms with E-state index in [4.69, 9.17) is 14.2 Å². The summed E-state index contributed by atoms with van der Waals surface area (Å²) >= 11 is 0. The predicted molar refractivity (Wildman–Crippen MR) is 177 cm³/mol. The van der Waals surface area contributed by atoms with Crippen LogP contribution in [-0.4, -0.2) is 61.3 Å². The van der Waals surface area contributed by atoms with Crippen LogP contribution in [0.3, 0.4) is 0 Å². The zero-order chi connectivity index (χ0) is 32.4. The fourth-order valence-corrected chi connectivity index (χ4v) is 6.76. The molecule has 1 saturated heterocycles. The van der Waals surface area contributed by atoms with Gasteiger partial charge >= 0.3 is 12.1 Å². The number of carbonyl (C=O) groups excluding carboxylic acids is 3. The van der Waals surface area contributed by atoms with Crippen LogP contribution in [0.4, 0.5) is 10.5 Å². The number of benzene rings is 3. The number of esters is 1. The topological polar surface area (TPSA) is 85.4 Å². The Kier molecular flexibility index (Phi) is 9.18. The lowest BCUT2D eigenvalue weighted by Gasteiger charge is -2.40. The Morgan fingerprint density at radius 2 is 1.72 bits per heavy atom. The number of nitrogens with zero attached hydrogens (tertiary/aromatic N) is 2. The lowest BCUT2D eigenvalue weighted by Crippen LogP contribution is -2.51. The smallest absolute Gasteiger partial charge is 0.410 e. The van der Waals surface area contributed by atoms with E-state index < -0.39 is 17.6 Å². The van der Waals surface area contributed by atoms with E-state index in [1.807, 2.05) is 62.1 Å². The molecular weight excluding hydrogens is 580 g/mol. The van der Waals surface area contributed by atoms with Crippen LogP contribution in [-0.2, 0) is 19.1 Å². The Labute approximate surface area is 271 Å².